The zero-order chi connectivity index (χ0) is 28.2. The Hall–Kier alpha value is -3.34. The molecule has 2 atom stereocenters. The van der Waals surface area contributed by atoms with E-state index in [2.05, 4.69) is 15.4 Å². The quantitative estimate of drug-likeness (QED) is 0.329. The Morgan fingerprint density at radius 1 is 1.13 bits per heavy atom. The Bertz CT molecular complexity index is 1110. The standard InChI is InChI=1S/C28H36ClN3O7/c1-32(28(35)36)18-24(15-19-9-12-38-13-10-19)31-26(33)22-7-3-5-20(16-22)25(21-6-4-8-23(29)17-21)39-14-11-30-27(34)37-2/h3-8,16-17,19,24-25H,9-15,18H2,1-2H3,(H,30,34)(H,31,33)(H,35,36)/t24-,25?/m1/s1. The van der Waals surface area contributed by atoms with Crippen LogP contribution in [-0.4, -0.2) is 81.2 Å². The summed E-state index contributed by atoms with van der Waals surface area (Å²) in [6, 6.07) is 14.0. The van der Waals surface area contributed by atoms with Gasteiger partial charge in [-0.2, -0.15) is 0 Å². The third-order valence-electron chi connectivity index (χ3n) is 6.56. The normalized spacial score (nSPS) is 15.2. The van der Waals surface area contributed by atoms with E-state index >= 15 is 0 Å². The third kappa shape index (κ3) is 9.72. The number of benzene rings is 2. The fraction of sp³-hybridized carbons (Fsp3) is 0.464. The molecule has 0 aromatic heterocycles. The fourth-order valence-electron chi connectivity index (χ4n) is 4.54. The van der Waals surface area contributed by atoms with Crippen molar-refractivity contribution < 1.29 is 33.7 Å². The maximum absolute atomic E-state index is 13.4. The number of alkyl carbamates (subject to hydrolysis) is 1. The van der Waals surface area contributed by atoms with Gasteiger partial charge in [-0.05, 0) is 60.6 Å². The van der Waals surface area contributed by atoms with Gasteiger partial charge in [-0.15, -0.1) is 0 Å². The number of hydrogen-bond acceptors (Lipinski definition) is 6. The minimum absolute atomic E-state index is 0.180. The monoisotopic (exact) mass is 561 g/mol. The van der Waals surface area contributed by atoms with Crippen molar-refractivity contribution in [3.8, 4) is 0 Å². The summed E-state index contributed by atoms with van der Waals surface area (Å²) in [4.78, 5) is 37.4. The molecule has 39 heavy (non-hydrogen) atoms. The Labute approximate surface area is 233 Å². The highest BCUT2D eigenvalue weighted by molar-refractivity contribution is 6.30. The van der Waals surface area contributed by atoms with E-state index in [9.17, 15) is 19.5 Å². The lowest BCUT2D eigenvalue weighted by Crippen LogP contribution is -2.45. The summed E-state index contributed by atoms with van der Waals surface area (Å²) in [6.07, 6.45) is 0.261. The fourth-order valence-corrected chi connectivity index (χ4v) is 4.74. The van der Waals surface area contributed by atoms with Crippen LogP contribution >= 0.6 is 11.6 Å². The van der Waals surface area contributed by atoms with Gasteiger partial charge in [-0.1, -0.05) is 35.9 Å². The van der Waals surface area contributed by atoms with Crippen molar-refractivity contribution in [3.63, 3.8) is 0 Å². The summed E-state index contributed by atoms with van der Waals surface area (Å²) in [5.41, 5.74) is 1.94. The summed E-state index contributed by atoms with van der Waals surface area (Å²) in [7, 11) is 2.78. The molecule has 3 rings (SSSR count). The number of carboxylic acid groups (broad SMARTS) is 1. The molecule has 3 amide bonds. The molecule has 1 saturated heterocycles. The molecule has 1 fully saturated rings. The summed E-state index contributed by atoms with van der Waals surface area (Å²) >= 11 is 6.23. The smallest absolute Gasteiger partial charge is 0.407 e. The molecule has 2 aromatic rings. The first kappa shape index (κ1) is 30.2. The molecule has 1 aliphatic rings. The van der Waals surface area contributed by atoms with Gasteiger partial charge >= 0.3 is 12.2 Å². The number of rotatable bonds is 12. The van der Waals surface area contributed by atoms with E-state index in [1.807, 2.05) is 18.2 Å². The molecular formula is C28H36ClN3O7. The van der Waals surface area contributed by atoms with E-state index in [1.165, 1.54) is 19.1 Å². The molecule has 1 heterocycles. The third-order valence-corrected chi connectivity index (χ3v) is 6.79. The second-order valence-electron chi connectivity index (χ2n) is 9.47. The van der Waals surface area contributed by atoms with Gasteiger partial charge in [0.05, 0.1) is 13.7 Å². The van der Waals surface area contributed by atoms with Crippen LogP contribution in [0.5, 0.6) is 0 Å². The zero-order valence-electron chi connectivity index (χ0n) is 22.2. The van der Waals surface area contributed by atoms with Crippen LogP contribution in [0.25, 0.3) is 0 Å². The molecule has 0 saturated carbocycles. The number of carbonyl (C=O) groups excluding carboxylic acids is 2. The molecule has 0 spiro atoms. The number of hydrogen-bond donors (Lipinski definition) is 3. The Morgan fingerprint density at radius 3 is 2.49 bits per heavy atom. The maximum Gasteiger partial charge on any atom is 0.407 e. The number of carbonyl (C=O) groups is 3. The lowest BCUT2D eigenvalue weighted by atomic mass is 9.92. The first-order valence-electron chi connectivity index (χ1n) is 12.9. The highest BCUT2D eigenvalue weighted by atomic mass is 35.5. The average molecular weight is 562 g/mol. The van der Waals surface area contributed by atoms with Crippen molar-refractivity contribution in [3.05, 3.63) is 70.2 Å². The molecule has 0 radical (unpaired) electrons. The van der Waals surface area contributed by atoms with E-state index < -0.39 is 18.3 Å². The van der Waals surface area contributed by atoms with E-state index in [-0.39, 0.29) is 31.6 Å². The lowest BCUT2D eigenvalue weighted by molar-refractivity contribution is 0.0580. The van der Waals surface area contributed by atoms with E-state index in [1.54, 1.807) is 30.3 Å². The number of nitrogens with zero attached hydrogens (tertiary/aromatic N) is 1. The topological polar surface area (TPSA) is 126 Å². The van der Waals surface area contributed by atoms with Crippen LogP contribution in [0, 0.1) is 5.92 Å². The molecular weight excluding hydrogens is 526 g/mol. The van der Waals surface area contributed by atoms with Crippen LogP contribution in [0.3, 0.4) is 0 Å². The van der Waals surface area contributed by atoms with Crippen molar-refractivity contribution in [2.75, 3.05) is 47.1 Å². The number of nitrogens with one attached hydrogen (secondary N) is 2. The molecule has 3 N–H and O–H groups in total. The maximum atomic E-state index is 13.4. The SMILES string of the molecule is COC(=O)NCCOC(c1cccc(Cl)c1)c1cccc(C(=O)N[C@H](CC2CCOCC2)CN(C)C(=O)O)c1. The van der Waals surface area contributed by atoms with Crippen molar-refractivity contribution >= 4 is 29.7 Å². The zero-order valence-corrected chi connectivity index (χ0v) is 23.0. The summed E-state index contributed by atoms with van der Waals surface area (Å²) in [5.74, 6) is 0.0432. The second-order valence-corrected chi connectivity index (χ2v) is 9.91. The molecule has 2 aromatic carbocycles. The number of likely N-dealkylation sites (N-methyl/N-ethyl adjacent to an activating group) is 1. The number of amides is 3. The second kappa shape index (κ2) is 15.3. The van der Waals surface area contributed by atoms with Crippen molar-refractivity contribution in [1.82, 2.24) is 15.5 Å². The van der Waals surface area contributed by atoms with E-state index in [0.29, 0.717) is 36.1 Å². The molecule has 1 aliphatic heterocycles. The summed E-state index contributed by atoms with van der Waals surface area (Å²) in [5, 5.41) is 15.6. The molecule has 0 bridgehead atoms. The number of methoxy groups -OCH3 is 1. The average Bonchev–Trinajstić information content (AvgIpc) is 2.93. The van der Waals surface area contributed by atoms with Gasteiger partial charge in [-0.3, -0.25) is 4.79 Å². The number of halogens is 1. The highest BCUT2D eigenvalue weighted by Gasteiger charge is 2.24. The van der Waals surface area contributed by atoms with Crippen LogP contribution in [0.1, 0.15) is 46.9 Å². The van der Waals surface area contributed by atoms with Gasteiger partial charge in [0.25, 0.3) is 5.91 Å². The van der Waals surface area contributed by atoms with Crippen LogP contribution in [-0.2, 0) is 14.2 Å². The Kier molecular flexibility index (Phi) is 11.9. The van der Waals surface area contributed by atoms with Crippen molar-refractivity contribution in [2.45, 2.75) is 31.4 Å². The van der Waals surface area contributed by atoms with Crippen molar-refractivity contribution in [2.24, 2.45) is 5.92 Å². The Balaban J connectivity index is 1.77. The minimum atomic E-state index is -1.05. The first-order chi connectivity index (χ1) is 18.8. The van der Waals surface area contributed by atoms with Gasteiger partial charge in [-0.25, -0.2) is 9.59 Å². The van der Waals surface area contributed by atoms with E-state index in [0.717, 1.165) is 24.0 Å². The largest absolute Gasteiger partial charge is 0.465 e. The Morgan fingerprint density at radius 2 is 1.82 bits per heavy atom. The molecule has 1 unspecified atom stereocenters. The highest BCUT2D eigenvalue weighted by Crippen LogP contribution is 2.29. The van der Waals surface area contributed by atoms with Crippen LogP contribution < -0.4 is 10.6 Å². The van der Waals surface area contributed by atoms with Gasteiger partial charge < -0.3 is 34.9 Å². The molecule has 11 heteroatoms. The van der Waals surface area contributed by atoms with Gasteiger partial charge in [0, 0.05) is 50.0 Å². The summed E-state index contributed by atoms with van der Waals surface area (Å²) < 4.78 is 16.2. The summed E-state index contributed by atoms with van der Waals surface area (Å²) in [6.45, 7) is 1.94. The molecule has 10 nitrogen and oxygen atoms in total. The van der Waals surface area contributed by atoms with Gasteiger partial charge in [0.15, 0.2) is 0 Å². The van der Waals surface area contributed by atoms with E-state index in [4.69, 9.17) is 21.1 Å². The van der Waals surface area contributed by atoms with Crippen molar-refractivity contribution in [1.29, 1.82) is 0 Å². The molecule has 0 aliphatic carbocycles. The van der Waals surface area contributed by atoms with Gasteiger partial charge in [0.2, 0.25) is 0 Å². The van der Waals surface area contributed by atoms with Crippen LogP contribution in [0.2, 0.25) is 5.02 Å². The predicted octanol–water partition coefficient (Wildman–Crippen LogP) is 4.33. The van der Waals surface area contributed by atoms with Gasteiger partial charge in [0.1, 0.15) is 6.10 Å². The van der Waals surface area contributed by atoms with Crippen LogP contribution in [0.15, 0.2) is 48.5 Å². The lowest BCUT2D eigenvalue weighted by Gasteiger charge is -2.29. The minimum Gasteiger partial charge on any atom is -0.465 e. The first-order valence-corrected chi connectivity index (χ1v) is 13.3. The number of ether oxygens (including phenoxy) is 3. The molecule has 212 valence electrons. The predicted molar refractivity (Wildman–Crippen MR) is 146 cm³/mol. The van der Waals surface area contributed by atoms with Crippen LogP contribution in [0.4, 0.5) is 9.59 Å².